The van der Waals surface area contributed by atoms with Crippen LogP contribution in [0, 0.1) is 5.92 Å². The molecule has 0 radical (unpaired) electrons. The van der Waals surface area contributed by atoms with E-state index < -0.39 is 11.9 Å². The fourth-order valence-corrected chi connectivity index (χ4v) is 1.85. The maximum atomic E-state index is 11.9. The van der Waals surface area contributed by atoms with Gasteiger partial charge in [-0.3, -0.25) is 9.59 Å². The van der Waals surface area contributed by atoms with Gasteiger partial charge in [-0.1, -0.05) is 43.3 Å². The summed E-state index contributed by atoms with van der Waals surface area (Å²) in [4.78, 5) is 22.7. The molecule has 2 aromatic carbocycles. The van der Waals surface area contributed by atoms with Gasteiger partial charge in [-0.2, -0.15) is 0 Å². The zero-order valence-corrected chi connectivity index (χ0v) is 10.1. The molecule has 0 saturated heterocycles. The number of hydrogen-bond acceptors (Lipinski definition) is 2. The standard InChI is InChI=1S/C15H14O3/c1-10(15(17)18)8-14(16)13-7-6-11-4-2-3-5-12(11)9-13/h2-7,9-10H,8H2,1H3,(H,17,18)/t10-/m1/s1. The normalized spacial score (nSPS) is 12.3. The van der Waals surface area contributed by atoms with Crippen LogP contribution in [-0.2, 0) is 4.79 Å². The largest absolute Gasteiger partial charge is 0.481 e. The Kier molecular flexibility index (Phi) is 3.42. The zero-order valence-electron chi connectivity index (χ0n) is 10.1. The summed E-state index contributed by atoms with van der Waals surface area (Å²) in [6.07, 6.45) is 0.0354. The minimum atomic E-state index is -0.941. The Morgan fingerprint density at radius 2 is 1.78 bits per heavy atom. The van der Waals surface area contributed by atoms with Crippen molar-refractivity contribution in [3.8, 4) is 0 Å². The first-order chi connectivity index (χ1) is 8.58. The summed E-state index contributed by atoms with van der Waals surface area (Å²) in [6, 6.07) is 13.2. The van der Waals surface area contributed by atoms with Crippen LogP contribution in [0.25, 0.3) is 10.8 Å². The minimum absolute atomic E-state index is 0.0354. The summed E-state index contributed by atoms with van der Waals surface area (Å²) >= 11 is 0. The van der Waals surface area contributed by atoms with E-state index in [1.165, 1.54) is 0 Å². The Bertz CT molecular complexity index is 601. The molecule has 0 aliphatic heterocycles. The molecule has 0 saturated carbocycles. The van der Waals surface area contributed by atoms with Gasteiger partial charge in [0, 0.05) is 12.0 Å². The summed E-state index contributed by atoms with van der Waals surface area (Å²) < 4.78 is 0. The van der Waals surface area contributed by atoms with Crippen LogP contribution >= 0.6 is 0 Å². The summed E-state index contributed by atoms with van der Waals surface area (Å²) in [6.45, 7) is 1.54. The molecule has 0 bridgehead atoms. The van der Waals surface area contributed by atoms with Crippen molar-refractivity contribution in [2.24, 2.45) is 5.92 Å². The number of fused-ring (bicyclic) bond motifs is 1. The van der Waals surface area contributed by atoms with Crippen molar-refractivity contribution >= 4 is 22.5 Å². The van der Waals surface area contributed by atoms with Crippen LogP contribution < -0.4 is 0 Å². The highest BCUT2D eigenvalue weighted by atomic mass is 16.4. The third kappa shape index (κ3) is 2.56. The molecule has 2 aromatic rings. The fraction of sp³-hybridized carbons (Fsp3) is 0.200. The summed E-state index contributed by atoms with van der Waals surface area (Å²) in [5.74, 6) is -1.72. The highest BCUT2D eigenvalue weighted by molar-refractivity contribution is 6.01. The van der Waals surface area contributed by atoms with Gasteiger partial charge in [-0.05, 0) is 16.8 Å². The van der Waals surface area contributed by atoms with E-state index in [4.69, 9.17) is 5.11 Å². The van der Waals surface area contributed by atoms with E-state index in [1.54, 1.807) is 13.0 Å². The second-order valence-electron chi connectivity index (χ2n) is 4.43. The van der Waals surface area contributed by atoms with Crippen LogP contribution in [0.2, 0.25) is 0 Å². The van der Waals surface area contributed by atoms with Crippen molar-refractivity contribution < 1.29 is 14.7 Å². The molecule has 0 amide bonds. The van der Waals surface area contributed by atoms with Gasteiger partial charge in [-0.25, -0.2) is 0 Å². The monoisotopic (exact) mass is 242 g/mol. The van der Waals surface area contributed by atoms with E-state index in [1.807, 2.05) is 36.4 Å². The minimum Gasteiger partial charge on any atom is -0.481 e. The fourth-order valence-electron chi connectivity index (χ4n) is 1.85. The van der Waals surface area contributed by atoms with Gasteiger partial charge in [0.05, 0.1) is 5.92 Å². The lowest BCUT2D eigenvalue weighted by Gasteiger charge is -2.06. The average molecular weight is 242 g/mol. The number of benzene rings is 2. The van der Waals surface area contributed by atoms with Crippen molar-refractivity contribution in [1.29, 1.82) is 0 Å². The first kappa shape index (κ1) is 12.3. The molecule has 1 atom stereocenters. The van der Waals surface area contributed by atoms with Gasteiger partial charge < -0.3 is 5.11 Å². The number of ketones is 1. The summed E-state index contributed by atoms with van der Waals surface area (Å²) in [7, 11) is 0. The highest BCUT2D eigenvalue weighted by Crippen LogP contribution is 2.18. The molecule has 1 N–H and O–H groups in total. The number of carbonyl (C=O) groups excluding carboxylic acids is 1. The van der Waals surface area contributed by atoms with E-state index in [2.05, 4.69) is 0 Å². The molecule has 18 heavy (non-hydrogen) atoms. The van der Waals surface area contributed by atoms with Crippen LogP contribution in [0.1, 0.15) is 23.7 Å². The molecule has 0 aromatic heterocycles. The van der Waals surface area contributed by atoms with Gasteiger partial charge in [0.2, 0.25) is 0 Å². The predicted octanol–water partition coefficient (Wildman–Crippen LogP) is 3.13. The van der Waals surface area contributed by atoms with Crippen molar-refractivity contribution in [1.82, 2.24) is 0 Å². The van der Waals surface area contributed by atoms with Gasteiger partial charge in [0.1, 0.15) is 0 Å². The molecule has 3 nitrogen and oxygen atoms in total. The van der Waals surface area contributed by atoms with E-state index in [9.17, 15) is 9.59 Å². The molecule has 92 valence electrons. The topological polar surface area (TPSA) is 54.4 Å². The Morgan fingerprint density at radius 1 is 1.11 bits per heavy atom. The molecule has 0 aliphatic carbocycles. The van der Waals surface area contributed by atoms with Gasteiger partial charge in [-0.15, -0.1) is 0 Å². The maximum absolute atomic E-state index is 11.9. The smallest absolute Gasteiger partial charge is 0.306 e. The quantitative estimate of drug-likeness (QED) is 0.838. The SMILES string of the molecule is C[C@H](CC(=O)c1ccc2ccccc2c1)C(=O)O. The number of Topliss-reactive ketones (excluding diaryl/α,β-unsaturated/α-hetero) is 1. The van der Waals surface area contributed by atoms with Crippen molar-refractivity contribution in [3.63, 3.8) is 0 Å². The number of carboxylic acid groups (broad SMARTS) is 1. The zero-order chi connectivity index (χ0) is 13.1. The Balaban J connectivity index is 2.25. The predicted molar refractivity (Wildman–Crippen MR) is 69.7 cm³/mol. The van der Waals surface area contributed by atoms with Crippen LogP contribution in [0.3, 0.4) is 0 Å². The second-order valence-corrected chi connectivity index (χ2v) is 4.43. The highest BCUT2D eigenvalue weighted by Gasteiger charge is 2.17. The Morgan fingerprint density at radius 3 is 2.44 bits per heavy atom. The first-order valence-corrected chi connectivity index (χ1v) is 5.83. The van der Waals surface area contributed by atoms with E-state index in [-0.39, 0.29) is 12.2 Å². The van der Waals surface area contributed by atoms with Crippen LogP contribution in [0.15, 0.2) is 42.5 Å². The van der Waals surface area contributed by atoms with Crippen molar-refractivity contribution in [2.45, 2.75) is 13.3 Å². The van der Waals surface area contributed by atoms with E-state index in [0.29, 0.717) is 5.56 Å². The summed E-state index contributed by atoms with van der Waals surface area (Å²) in [5, 5.41) is 10.9. The number of aliphatic carboxylic acids is 1. The molecular formula is C15H14O3. The van der Waals surface area contributed by atoms with Crippen molar-refractivity contribution in [2.75, 3.05) is 0 Å². The first-order valence-electron chi connectivity index (χ1n) is 5.83. The number of carbonyl (C=O) groups is 2. The van der Waals surface area contributed by atoms with Crippen molar-refractivity contribution in [3.05, 3.63) is 48.0 Å². The number of carboxylic acids is 1. The second kappa shape index (κ2) is 5.00. The Labute approximate surface area is 105 Å². The molecule has 3 heteroatoms. The van der Waals surface area contributed by atoms with E-state index in [0.717, 1.165) is 10.8 Å². The van der Waals surface area contributed by atoms with Crippen LogP contribution in [0.4, 0.5) is 0 Å². The molecule has 2 rings (SSSR count). The third-order valence-electron chi connectivity index (χ3n) is 2.98. The average Bonchev–Trinajstić information content (AvgIpc) is 2.37. The molecule has 0 heterocycles. The van der Waals surface area contributed by atoms with Crippen LogP contribution in [-0.4, -0.2) is 16.9 Å². The molecule has 0 fully saturated rings. The molecular weight excluding hydrogens is 228 g/mol. The lowest BCUT2D eigenvalue weighted by molar-refractivity contribution is -0.141. The number of rotatable bonds is 4. The van der Waals surface area contributed by atoms with E-state index >= 15 is 0 Å². The Hall–Kier alpha value is -2.16. The maximum Gasteiger partial charge on any atom is 0.306 e. The molecule has 0 aliphatic rings. The lowest BCUT2D eigenvalue weighted by atomic mass is 9.98. The van der Waals surface area contributed by atoms with Gasteiger partial charge >= 0.3 is 5.97 Å². The summed E-state index contributed by atoms with van der Waals surface area (Å²) in [5.41, 5.74) is 0.571. The molecule has 0 unspecified atom stereocenters. The third-order valence-corrected chi connectivity index (χ3v) is 2.98. The lowest BCUT2D eigenvalue weighted by Crippen LogP contribution is -2.14. The van der Waals surface area contributed by atoms with Crippen LogP contribution in [0.5, 0.6) is 0 Å². The van der Waals surface area contributed by atoms with Gasteiger partial charge in [0.25, 0.3) is 0 Å². The number of hydrogen-bond donors (Lipinski definition) is 1. The molecule has 0 spiro atoms. The van der Waals surface area contributed by atoms with Gasteiger partial charge in [0.15, 0.2) is 5.78 Å².